The van der Waals surface area contributed by atoms with E-state index in [1.807, 2.05) is 0 Å². The zero-order valence-electron chi connectivity index (χ0n) is 7.31. The fourth-order valence-electron chi connectivity index (χ4n) is 1.60. The van der Waals surface area contributed by atoms with Gasteiger partial charge in [0.05, 0.1) is 15.5 Å². The summed E-state index contributed by atoms with van der Waals surface area (Å²) in [5, 5.41) is 11.2. The standard InChI is InChI=1S/C9H9ClN2O2/c10-6-2-1-3-8(12(13)14)9(6)5-4-7(5)11/h1-3,5,7H,4,11H2/t5-,7-/m1/s1. The van der Waals surface area contributed by atoms with Crippen LogP contribution in [0.3, 0.4) is 0 Å². The Labute approximate surface area is 85.8 Å². The Balaban J connectivity index is 2.49. The summed E-state index contributed by atoms with van der Waals surface area (Å²) in [6.45, 7) is 0. The van der Waals surface area contributed by atoms with E-state index in [-0.39, 0.29) is 17.6 Å². The van der Waals surface area contributed by atoms with Gasteiger partial charge in [-0.1, -0.05) is 17.7 Å². The molecule has 0 unspecified atom stereocenters. The molecule has 0 spiro atoms. The van der Waals surface area contributed by atoms with Crippen molar-refractivity contribution < 1.29 is 4.92 Å². The van der Waals surface area contributed by atoms with E-state index in [9.17, 15) is 10.1 Å². The summed E-state index contributed by atoms with van der Waals surface area (Å²) in [6, 6.07) is 4.73. The van der Waals surface area contributed by atoms with Crippen molar-refractivity contribution in [3.8, 4) is 0 Å². The molecule has 1 aliphatic carbocycles. The monoisotopic (exact) mass is 212 g/mol. The van der Waals surface area contributed by atoms with Crippen LogP contribution in [0.2, 0.25) is 5.02 Å². The minimum atomic E-state index is -0.410. The van der Waals surface area contributed by atoms with Crippen LogP contribution in [0, 0.1) is 10.1 Å². The predicted octanol–water partition coefficient (Wildman–Crippen LogP) is 2.06. The second-order valence-electron chi connectivity index (χ2n) is 3.44. The van der Waals surface area contributed by atoms with E-state index < -0.39 is 4.92 Å². The molecule has 1 aliphatic rings. The number of rotatable bonds is 2. The van der Waals surface area contributed by atoms with Gasteiger partial charge in [0, 0.05) is 18.0 Å². The van der Waals surface area contributed by atoms with Crippen LogP contribution >= 0.6 is 11.6 Å². The maximum atomic E-state index is 10.7. The maximum Gasteiger partial charge on any atom is 0.274 e. The first-order chi connectivity index (χ1) is 6.61. The number of nitro benzene ring substituents is 1. The maximum absolute atomic E-state index is 10.7. The van der Waals surface area contributed by atoms with Gasteiger partial charge in [-0.05, 0) is 12.5 Å². The summed E-state index contributed by atoms with van der Waals surface area (Å²) in [7, 11) is 0. The third-order valence-corrected chi connectivity index (χ3v) is 2.77. The van der Waals surface area contributed by atoms with E-state index in [4.69, 9.17) is 17.3 Å². The first-order valence-corrected chi connectivity index (χ1v) is 4.67. The average Bonchev–Trinajstić information content (AvgIpc) is 2.81. The topological polar surface area (TPSA) is 69.2 Å². The summed E-state index contributed by atoms with van der Waals surface area (Å²) in [4.78, 5) is 10.3. The molecule has 1 aromatic carbocycles. The molecule has 2 atom stereocenters. The van der Waals surface area contributed by atoms with Crippen LogP contribution in [0.15, 0.2) is 18.2 Å². The van der Waals surface area contributed by atoms with Crippen molar-refractivity contribution in [1.29, 1.82) is 0 Å². The summed E-state index contributed by atoms with van der Waals surface area (Å²) >= 11 is 5.91. The van der Waals surface area contributed by atoms with Crippen LogP contribution in [0.25, 0.3) is 0 Å². The van der Waals surface area contributed by atoms with Crippen molar-refractivity contribution in [3.63, 3.8) is 0 Å². The fourth-order valence-corrected chi connectivity index (χ4v) is 1.91. The molecule has 2 rings (SSSR count). The summed E-state index contributed by atoms with van der Waals surface area (Å²) in [5.74, 6) is 0.0594. The highest BCUT2D eigenvalue weighted by molar-refractivity contribution is 6.31. The fraction of sp³-hybridized carbons (Fsp3) is 0.333. The van der Waals surface area contributed by atoms with Gasteiger partial charge in [-0.25, -0.2) is 0 Å². The smallest absolute Gasteiger partial charge is 0.274 e. The molecule has 2 N–H and O–H groups in total. The van der Waals surface area contributed by atoms with E-state index >= 15 is 0 Å². The third kappa shape index (κ3) is 1.47. The van der Waals surface area contributed by atoms with Crippen molar-refractivity contribution in [2.24, 2.45) is 5.73 Å². The normalized spacial score (nSPS) is 24.7. The van der Waals surface area contributed by atoms with E-state index in [0.29, 0.717) is 10.6 Å². The molecule has 0 heterocycles. The zero-order valence-corrected chi connectivity index (χ0v) is 8.07. The van der Waals surface area contributed by atoms with Gasteiger partial charge in [-0.2, -0.15) is 0 Å². The molecule has 0 radical (unpaired) electrons. The zero-order chi connectivity index (χ0) is 10.3. The molecule has 4 nitrogen and oxygen atoms in total. The van der Waals surface area contributed by atoms with Crippen molar-refractivity contribution >= 4 is 17.3 Å². The second-order valence-corrected chi connectivity index (χ2v) is 3.84. The molecular weight excluding hydrogens is 204 g/mol. The molecule has 0 aromatic heterocycles. The van der Waals surface area contributed by atoms with Gasteiger partial charge in [0.1, 0.15) is 0 Å². The lowest BCUT2D eigenvalue weighted by atomic mass is 10.1. The van der Waals surface area contributed by atoms with Crippen LogP contribution in [0.4, 0.5) is 5.69 Å². The lowest BCUT2D eigenvalue weighted by Gasteiger charge is -2.03. The van der Waals surface area contributed by atoms with Crippen LogP contribution < -0.4 is 5.73 Å². The molecule has 1 aromatic rings. The summed E-state index contributed by atoms with van der Waals surface area (Å²) in [5.41, 5.74) is 6.32. The quantitative estimate of drug-likeness (QED) is 0.603. The Morgan fingerprint density at radius 2 is 2.21 bits per heavy atom. The van der Waals surface area contributed by atoms with Crippen molar-refractivity contribution in [2.75, 3.05) is 0 Å². The molecule has 0 saturated heterocycles. The number of benzene rings is 1. The highest BCUT2D eigenvalue weighted by atomic mass is 35.5. The Morgan fingerprint density at radius 1 is 1.57 bits per heavy atom. The summed E-state index contributed by atoms with van der Waals surface area (Å²) in [6.07, 6.45) is 0.782. The van der Waals surface area contributed by atoms with E-state index in [2.05, 4.69) is 0 Å². The third-order valence-electron chi connectivity index (χ3n) is 2.44. The Hall–Kier alpha value is -1.13. The molecular formula is C9H9ClN2O2. The van der Waals surface area contributed by atoms with Gasteiger partial charge in [-0.15, -0.1) is 0 Å². The van der Waals surface area contributed by atoms with Gasteiger partial charge in [0.25, 0.3) is 5.69 Å². The first-order valence-electron chi connectivity index (χ1n) is 4.29. The SMILES string of the molecule is N[C@@H]1C[C@H]1c1c(Cl)cccc1[N+](=O)[O-]. The molecule has 1 fully saturated rings. The molecule has 5 heteroatoms. The molecule has 74 valence electrons. The van der Waals surface area contributed by atoms with E-state index in [1.165, 1.54) is 6.07 Å². The molecule has 0 amide bonds. The minimum Gasteiger partial charge on any atom is -0.327 e. The molecule has 1 saturated carbocycles. The number of nitro groups is 1. The van der Waals surface area contributed by atoms with Gasteiger partial charge < -0.3 is 5.73 Å². The molecule has 14 heavy (non-hydrogen) atoms. The second kappa shape index (κ2) is 3.22. The van der Waals surface area contributed by atoms with Crippen molar-refractivity contribution in [2.45, 2.75) is 18.4 Å². The molecule has 0 bridgehead atoms. The van der Waals surface area contributed by atoms with Crippen LogP contribution in [-0.2, 0) is 0 Å². The lowest BCUT2D eigenvalue weighted by molar-refractivity contribution is -0.385. The number of nitrogens with two attached hydrogens (primary N) is 1. The average molecular weight is 213 g/mol. The van der Waals surface area contributed by atoms with Crippen molar-refractivity contribution in [3.05, 3.63) is 38.9 Å². The highest BCUT2D eigenvalue weighted by Crippen LogP contribution is 2.46. The van der Waals surface area contributed by atoms with E-state index in [1.54, 1.807) is 12.1 Å². The van der Waals surface area contributed by atoms with Gasteiger partial charge >= 0.3 is 0 Å². The van der Waals surface area contributed by atoms with Crippen LogP contribution in [0.5, 0.6) is 0 Å². The molecule has 0 aliphatic heterocycles. The number of nitrogens with zero attached hydrogens (tertiary/aromatic N) is 1. The number of hydrogen-bond donors (Lipinski definition) is 1. The van der Waals surface area contributed by atoms with Gasteiger partial charge in [-0.3, -0.25) is 10.1 Å². The van der Waals surface area contributed by atoms with Crippen LogP contribution in [0.1, 0.15) is 17.9 Å². The first kappa shape index (κ1) is 9.43. The van der Waals surface area contributed by atoms with Gasteiger partial charge in [0.2, 0.25) is 0 Å². The Morgan fingerprint density at radius 3 is 2.71 bits per heavy atom. The minimum absolute atomic E-state index is 0.0219. The highest BCUT2D eigenvalue weighted by Gasteiger charge is 2.40. The van der Waals surface area contributed by atoms with Crippen molar-refractivity contribution in [1.82, 2.24) is 0 Å². The van der Waals surface area contributed by atoms with Gasteiger partial charge in [0.15, 0.2) is 0 Å². The Kier molecular flexibility index (Phi) is 2.17. The predicted molar refractivity (Wildman–Crippen MR) is 53.4 cm³/mol. The lowest BCUT2D eigenvalue weighted by Crippen LogP contribution is -2.03. The number of hydrogen-bond acceptors (Lipinski definition) is 3. The van der Waals surface area contributed by atoms with E-state index in [0.717, 1.165) is 6.42 Å². The number of halogens is 1. The van der Waals surface area contributed by atoms with Crippen LogP contribution in [-0.4, -0.2) is 11.0 Å². The Bertz CT molecular complexity index is 394. The largest absolute Gasteiger partial charge is 0.327 e. The summed E-state index contributed by atoms with van der Waals surface area (Å²) < 4.78 is 0.